The van der Waals surface area contributed by atoms with Crippen LogP contribution in [0, 0.1) is 5.92 Å². The van der Waals surface area contributed by atoms with Crippen LogP contribution in [-0.2, 0) is 6.42 Å². The molecular weight excluding hydrogens is 725 g/mol. The van der Waals surface area contributed by atoms with Gasteiger partial charge in [-0.2, -0.15) is 0 Å². The number of hydrogen-bond acceptors (Lipinski definition) is 0. The molecule has 0 saturated heterocycles. The van der Waals surface area contributed by atoms with Crippen molar-refractivity contribution in [3.05, 3.63) is 246 Å². The van der Waals surface area contributed by atoms with E-state index in [-0.39, 0.29) is 11.8 Å². The Morgan fingerprint density at radius 1 is 0.450 bits per heavy atom. The molecule has 284 valence electrons. The largest absolute Gasteiger partial charge is 0.309 e. The molecule has 0 amide bonds. The molecule has 0 bridgehead atoms. The van der Waals surface area contributed by atoms with E-state index < -0.39 is 0 Å². The summed E-state index contributed by atoms with van der Waals surface area (Å²) in [5.74, 6) is 0.463. The van der Waals surface area contributed by atoms with Crippen LogP contribution in [0.5, 0.6) is 0 Å². The molecule has 2 unspecified atom stereocenters. The Balaban J connectivity index is 0.975. The van der Waals surface area contributed by atoms with Crippen LogP contribution in [0.1, 0.15) is 40.7 Å². The third-order valence-electron chi connectivity index (χ3n) is 13.1. The van der Waals surface area contributed by atoms with Crippen molar-refractivity contribution >= 4 is 49.2 Å². The van der Waals surface area contributed by atoms with Crippen LogP contribution in [0.15, 0.2) is 218 Å². The minimum absolute atomic E-state index is 0.214. The van der Waals surface area contributed by atoms with Gasteiger partial charge < -0.3 is 9.13 Å². The maximum absolute atomic E-state index is 2.46. The number of hydrogen-bond donors (Lipinski definition) is 0. The van der Waals surface area contributed by atoms with E-state index in [2.05, 4.69) is 228 Å². The van der Waals surface area contributed by atoms with Gasteiger partial charge in [0, 0.05) is 44.8 Å². The highest BCUT2D eigenvalue weighted by Crippen LogP contribution is 2.50. The molecule has 0 saturated carbocycles. The van der Waals surface area contributed by atoms with E-state index in [1.165, 1.54) is 105 Å². The first-order valence-corrected chi connectivity index (χ1v) is 21.2. The quantitative estimate of drug-likeness (QED) is 0.160. The highest BCUT2D eigenvalue weighted by Gasteiger charge is 2.35. The molecule has 0 aliphatic heterocycles. The summed E-state index contributed by atoms with van der Waals surface area (Å²) in [4.78, 5) is 0. The van der Waals surface area contributed by atoms with Gasteiger partial charge in [0.25, 0.3) is 0 Å². The Labute approximate surface area is 350 Å². The normalized spacial score (nSPS) is 15.9. The minimum atomic E-state index is 0.214. The van der Waals surface area contributed by atoms with E-state index in [1.807, 2.05) is 0 Å². The van der Waals surface area contributed by atoms with Gasteiger partial charge in [0.2, 0.25) is 0 Å². The highest BCUT2D eigenvalue weighted by molar-refractivity contribution is 6.13. The number of aryl methyl sites for hydroxylation is 1. The molecule has 0 N–H and O–H groups in total. The Bertz CT molecular complexity index is 3390. The molecule has 2 atom stereocenters. The van der Waals surface area contributed by atoms with Gasteiger partial charge >= 0.3 is 0 Å². The fraction of sp³-hybridized carbons (Fsp3) is 0.0690. The van der Waals surface area contributed by atoms with Crippen LogP contribution in [0.2, 0.25) is 0 Å². The van der Waals surface area contributed by atoms with Crippen molar-refractivity contribution in [2.24, 2.45) is 5.92 Å². The molecule has 60 heavy (non-hydrogen) atoms. The van der Waals surface area contributed by atoms with Gasteiger partial charge in [0.05, 0.1) is 22.1 Å². The van der Waals surface area contributed by atoms with Crippen molar-refractivity contribution in [2.45, 2.75) is 19.3 Å². The molecule has 0 fully saturated rings. The summed E-state index contributed by atoms with van der Waals surface area (Å²) in [6, 6.07) is 69.9. The molecule has 2 aliphatic rings. The Morgan fingerprint density at radius 3 is 1.77 bits per heavy atom. The van der Waals surface area contributed by atoms with Crippen molar-refractivity contribution < 1.29 is 0 Å². The Hall–Kier alpha value is -7.42. The Kier molecular flexibility index (Phi) is 7.99. The molecule has 2 aromatic heterocycles. The zero-order chi connectivity index (χ0) is 39.7. The van der Waals surface area contributed by atoms with E-state index in [4.69, 9.17) is 0 Å². The molecule has 12 rings (SSSR count). The van der Waals surface area contributed by atoms with E-state index >= 15 is 0 Å². The molecule has 8 aromatic carbocycles. The van der Waals surface area contributed by atoms with Crippen molar-refractivity contribution in [3.8, 4) is 22.5 Å². The zero-order valence-corrected chi connectivity index (χ0v) is 33.5. The van der Waals surface area contributed by atoms with Gasteiger partial charge in [-0.05, 0) is 123 Å². The molecular formula is C58H42N2. The number of fused-ring (bicyclic) bond motifs is 8. The van der Waals surface area contributed by atoms with Gasteiger partial charge in [-0.15, -0.1) is 0 Å². The summed E-state index contributed by atoms with van der Waals surface area (Å²) in [5, 5.41) is 5.10. The maximum Gasteiger partial charge on any atom is 0.0541 e. The predicted octanol–water partition coefficient (Wildman–Crippen LogP) is 14.8. The van der Waals surface area contributed by atoms with Crippen LogP contribution in [-0.4, -0.2) is 9.13 Å². The lowest BCUT2D eigenvalue weighted by Gasteiger charge is -2.37. The predicted molar refractivity (Wildman–Crippen MR) is 252 cm³/mol. The first kappa shape index (κ1) is 34.6. The van der Waals surface area contributed by atoms with Crippen LogP contribution in [0.25, 0.3) is 71.7 Å². The van der Waals surface area contributed by atoms with Crippen molar-refractivity contribution in [1.82, 2.24) is 9.13 Å². The second kappa shape index (κ2) is 13.9. The summed E-state index contributed by atoms with van der Waals surface area (Å²) in [6.07, 6.45) is 10.2. The topological polar surface area (TPSA) is 9.86 Å². The lowest BCUT2D eigenvalue weighted by atomic mass is 9.66. The van der Waals surface area contributed by atoms with E-state index in [1.54, 1.807) is 0 Å². The van der Waals surface area contributed by atoms with E-state index in [0.717, 1.165) is 6.42 Å². The minimum Gasteiger partial charge on any atom is -0.309 e. The third kappa shape index (κ3) is 5.34. The SMILES string of the molecule is CCc1ccc2c(c1)c1cc(-c3ccc4c(c3)c3ccccc3n4-c3ccccc3)ccc1n2-c1ccc(C2c3ccccc3C(c3ccccc3)=C3C=CC=CC32)cc1. The second-order valence-electron chi connectivity index (χ2n) is 16.3. The van der Waals surface area contributed by atoms with Crippen molar-refractivity contribution in [3.63, 3.8) is 0 Å². The number of benzene rings is 8. The lowest BCUT2D eigenvalue weighted by Crippen LogP contribution is -2.22. The monoisotopic (exact) mass is 766 g/mol. The molecule has 0 spiro atoms. The van der Waals surface area contributed by atoms with Crippen LogP contribution < -0.4 is 0 Å². The van der Waals surface area contributed by atoms with E-state index in [0.29, 0.717) is 0 Å². The van der Waals surface area contributed by atoms with Gasteiger partial charge in [-0.25, -0.2) is 0 Å². The summed E-state index contributed by atoms with van der Waals surface area (Å²) >= 11 is 0. The van der Waals surface area contributed by atoms with Crippen molar-refractivity contribution in [2.75, 3.05) is 0 Å². The average Bonchev–Trinajstić information content (AvgIpc) is 3.83. The highest BCUT2D eigenvalue weighted by atomic mass is 15.0. The summed E-state index contributed by atoms with van der Waals surface area (Å²) in [5.41, 5.74) is 19.1. The number of rotatable bonds is 6. The van der Waals surface area contributed by atoms with Gasteiger partial charge in [0.1, 0.15) is 0 Å². The fourth-order valence-electron chi connectivity index (χ4n) is 10.3. The van der Waals surface area contributed by atoms with Gasteiger partial charge in [0.15, 0.2) is 0 Å². The summed E-state index contributed by atoms with van der Waals surface area (Å²) < 4.78 is 4.85. The molecule has 2 heterocycles. The number of para-hydroxylation sites is 2. The first-order valence-electron chi connectivity index (χ1n) is 21.2. The fourth-order valence-corrected chi connectivity index (χ4v) is 10.3. The third-order valence-corrected chi connectivity index (χ3v) is 13.1. The standard InChI is InChI=1S/C58H42N2/c1-2-38-25-32-54-50(35-38)52-37-42(41-28-33-55-51(36-41)45-19-13-14-24-53(45)59(55)43-17-7-4-8-18-43)29-34-56(52)60(54)44-30-26-40(27-31-44)58-48-22-11-9-20-46(48)57(39-15-5-3-6-16-39)47-21-10-12-23-49(47)58/h3-37,48,58H,2H2,1H3. The molecule has 2 heteroatoms. The van der Waals surface area contributed by atoms with Gasteiger partial charge in [-0.3, -0.25) is 0 Å². The van der Waals surface area contributed by atoms with E-state index in [9.17, 15) is 0 Å². The zero-order valence-electron chi connectivity index (χ0n) is 33.5. The number of nitrogens with zero attached hydrogens (tertiary/aromatic N) is 2. The van der Waals surface area contributed by atoms with Crippen molar-refractivity contribution in [1.29, 1.82) is 0 Å². The van der Waals surface area contributed by atoms with Gasteiger partial charge in [-0.1, -0.05) is 153 Å². The molecule has 2 aliphatic carbocycles. The number of aromatic nitrogens is 2. The first-order chi connectivity index (χ1) is 29.7. The number of allylic oxidation sites excluding steroid dienone is 5. The Morgan fingerprint density at radius 2 is 1.03 bits per heavy atom. The lowest BCUT2D eigenvalue weighted by molar-refractivity contribution is 0.649. The van der Waals surface area contributed by atoms with Crippen LogP contribution in [0.3, 0.4) is 0 Å². The van der Waals surface area contributed by atoms with Crippen LogP contribution >= 0.6 is 0 Å². The summed E-state index contributed by atoms with van der Waals surface area (Å²) in [6.45, 7) is 2.25. The smallest absolute Gasteiger partial charge is 0.0541 e. The molecule has 0 radical (unpaired) electrons. The maximum atomic E-state index is 2.46. The second-order valence-corrected chi connectivity index (χ2v) is 16.3. The summed E-state index contributed by atoms with van der Waals surface area (Å²) in [7, 11) is 0. The molecule has 2 nitrogen and oxygen atoms in total. The average molecular weight is 767 g/mol. The molecule has 10 aromatic rings. The van der Waals surface area contributed by atoms with Crippen LogP contribution in [0.4, 0.5) is 0 Å².